The zero-order valence-electron chi connectivity index (χ0n) is 11.3. The quantitative estimate of drug-likeness (QED) is 0.785. The lowest BCUT2D eigenvalue weighted by molar-refractivity contribution is 0.399. The van der Waals surface area contributed by atoms with Crippen LogP contribution in [-0.2, 0) is 6.54 Å². The Kier molecular flexibility index (Phi) is 3.20. The number of aromatic nitrogens is 3. The van der Waals surface area contributed by atoms with E-state index in [0.29, 0.717) is 24.1 Å². The van der Waals surface area contributed by atoms with E-state index in [4.69, 9.17) is 8.94 Å². The Morgan fingerprint density at radius 3 is 2.60 bits per heavy atom. The first kappa shape index (κ1) is 12.4. The fourth-order valence-electron chi connectivity index (χ4n) is 1.75. The van der Waals surface area contributed by atoms with Crippen molar-refractivity contribution < 1.29 is 8.94 Å². The summed E-state index contributed by atoms with van der Waals surface area (Å²) in [5.41, 5.74) is 2.10. The molecule has 6 heteroatoms. The van der Waals surface area contributed by atoms with Crippen molar-refractivity contribution in [3.63, 3.8) is 0 Å². The van der Waals surface area contributed by atoms with Crippen LogP contribution in [0.25, 0.3) is 11.5 Å². The van der Waals surface area contributed by atoms with Crippen molar-refractivity contribution in [2.45, 2.75) is 20.4 Å². The van der Waals surface area contributed by atoms with E-state index in [2.05, 4.69) is 20.7 Å². The van der Waals surface area contributed by atoms with Crippen molar-refractivity contribution in [1.82, 2.24) is 15.4 Å². The number of rotatable bonds is 4. The van der Waals surface area contributed by atoms with Crippen LogP contribution in [0, 0.1) is 13.8 Å². The van der Waals surface area contributed by atoms with E-state index < -0.39 is 0 Å². The van der Waals surface area contributed by atoms with E-state index in [1.807, 2.05) is 38.1 Å². The minimum absolute atomic E-state index is 0.408. The van der Waals surface area contributed by atoms with E-state index in [1.54, 1.807) is 6.07 Å². The summed E-state index contributed by atoms with van der Waals surface area (Å²) in [5.74, 6) is 2.41. The highest BCUT2D eigenvalue weighted by Crippen LogP contribution is 2.18. The van der Waals surface area contributed by atoms with Gasteiger partial charge in [0.05, 0.1) is 6.54 Å². The third-order valence-corrected chi connectivity index (χ3v) is 2.81. The molecule has 0 atom stereocenters. The molecule has 6 nitrogen and oxygen atoms in total. The van der Waals surface area contributed by atoms with Gasteiger partial charge in [-0.05, 0) is 26.0 Å². The van der Waals surface area contributed by atoms with Crippen molar-refractivity contribution >= 4 is 5.82 Å². The smallest absolute Gasteiger partial charge is 0.247 e. The molecule has 0 saturated carbocycles. The Morgan fingerprint density at radius 2 is 1.90 bits per heavy atom. The normalized spacial score (nSPS) is 10.7. The number of benzene rings is 1. The third-order valence-electron chi connectivity index (χ3n) is 2.81. The fourth-order valence-corrected chi connectivity index (χ4v) is 1.75. The van der Waals surface area contributed by atoms with Gasteiger partial charge in [0.25, 0.3) is 0 Å². The number of hydrogen-bond acceptors (Lipinski definition) is 6. The number of hydrogen-bond donors (Lipinski definition) is 1. The molecule has 0 amide bonds. The minimum Gasteiger partial charge on any atom is -0.419 e. The Morgan fingerprint density at radius 1 is 1.10 bits per heavy atom. The first-order valence-electron chi connectivity index (χ1n) is 6.27. The van der Waals surface area contributed by atoms with Gasteiger partial charge in [-0.2, -0.15) is 0 Å². The molecular formula is C14H14N4O2. The maximum absolute atomic E-state index is 5.59. The lowest BCUT2D eigenvalue weighted by atomic mass is 10.1. The largest absolute Gasteiger partial charge is 0.419 e. The molecular weight excluding hydrogens is 256 g/mol. The molecule has 0 bridgehead atoms. The summed E-state index contributed by atoms with van der Waals surface area (Å²) < 4.78 is 10.6. The third kappa shape index (κ3) is 2.69. The van der Waals surface area contributed by atoms with Crippen LogP contribution in [0.3, 0.4) is 0 Å². The van der Waals surface area contributed by atoms with Crippen molar-refractivity contribution in [3.05, 3.63) is 47.5 Å². The van der Waals surface area contributed by atoms with Gasteiger partial charge in [0.15, 0.2) is 5.82 Å². The highest BCUT2D eigenvalue weighted by atomic mass is 16.5. The van der Waals surface area contributed by atoms with Crippen LogP contribution in [-0.4, -0.2) is 15.4 Å². The Balaban J connectivity index is 1.69. The van der Waals surface area contributed by atoms with Gasteiger partial charge >= 0.3 is 0 Å². The van der Waals surface area contributed by atoms with Gasteiger partial charge in [-0.15, -0.1) is 10.2 Å². The summed E-state index contributed by atoms with van der Waals surface area (Å²) in [4.78, 5) is 0. The van der Waals surface area contributed by atoms with E-state index in [0.717, 1.165) is 11.3 Å². The average Bonchev–Trinajstić information content (AvgIpc) is 3.06. The summed E-state index contributed by atoms with van der Waals surface area (Å²) in [6, 6.07) is 9.74. The highest BCUT2D eigenvalue weighted by Gasteiger charge is 2.09. The van der Waals surface area contributed by atoms with Gasteiger partial charge < -0.3 is 14.3 Å². The Hall–Kier alpha value is -2.63. The van der Waals surface area contributed by atoms with Gasteiger partial charge in [-0.3, -0.25) is 0 Å². The van der Waals surface area contributed by atoms with Crippen molar-refractivity contribution in [2.24, 2.45) is 0 Å². The van der Waals surface area contributed by atoms with E-state index in [1.165, 1.54) is 5.56 Å². The number of anilines is 1. The van der Waals surface area contributed by atoms with Crippen LogP contribution in [0.15, 0.2) is 39.3 Å². The van der Waals surface area contributed by atoms with Crippen molar-refractivity contribution in [3.8, 4) is 11.5 Å². The molecule has 20 heavy (non-hydrogen) atoms. The monoisotopic (exact) mass is 270 g/mol. The second kappa shape index (κ2) is 5.16. The molecule has 0 saturated heterocycles. The van der Waals surface area contributed by atoms with Gasteiger partial charge in [0.1, 0.15) is 5.76 Å². The maximum atomic E-state index is 5.59. The van der Waals surface area contributed by atoms with Crippen LogP contribution in [0.2, 0.25) is 0 Å². The van der Waals surface area contributed by atoms with E-state index in [9.17, 15) is 0 Å². The molecule has 3 rings (SSSR count). The standard InChI is InChI=1S/C14H14N4O2/c1-9-3-5-11(6-4-9)14-17-16-13(19-14)8-15-12-7-10(2)20-18-12/h3-7H,8H2,1-2H3,(H,15,18). The Bertz CT molecular complexity index is 700. The van der Waals surface area contributed by atoms with Crippen LogP contribution < -0.4 is 5.32 Å². The molecule has 0 aliphatic rings. The second-order valence-electron chi connectivity index (χ2n) is 4.54. The lowest BCUT2D eigenvalue weighted by Crippen LogP contribution is -1.99. The number of nitrogens with zero attached hydrogens (tertiary/aromatic N) is 3. The predicted octanol–water partition coefficient (Wildman–Crippen LogP) is 2.95. The molecule has 2 aromatic heterocycles. The second-order valence-corrected chi connectivity index (χ2v) is 4.54. The molecule has 0 fully saturated rings. The van der Waals surface area contributed by atoms with Crippen LogP contribution in [0.4, 0.5) is 5.82 Å². The van der Waals surface area contributed by atoms with E-state index >= 15 is 0 Å². The number of nitrogens with one attached hydrogen (secondary N) is 1. The predicted molar refractivity (Wildman–Crippen MR) is 73.0 cm³/mol. The molecule has 0 radical (unpaired) electrons. The van der Waals surface area contributed by atoms with Crippen LogP contribution >= 0.6 is 0 Å². The van der Waals surface area contributed by atoms with Crippen molar-refractivity contribution in [2.75, 3.05) is 5.32 Å². The molecule has 0 aliphatic carbocycles. The van der Waals surface area contributed by atoms with Gasteiger partial charge in [0.2, 0.25) is 11.8 Å². The summed E-state index contributed by atoms with van der Waals surface area (Å²) in [6.07, 6.45) is 0. The fraction of sp³-hybridized carbons (Fsp3) is 0.214. The molecule has 0 aliphatic heterocycles. The zero-order chi connectivity index (χ0) is 13.9. The molecule has 1 N–H and O–H groups in total. The Labute approximate surface area is 115 Å². The summed E-state index contributed by atoms with van der Waals surface area (Å²) in [6.45, 7) is 4.28. The summed E-state index contributed by atoms with van der Waals surface area (Å²) >= 11 is 0. The molecule has 102 valence electrons. The molecule has 0 unspecified atom stereocenters. The SMILES string of the molecule is Cc1ccc(-c2nnc(CNc3cc(C)on3)o2)cc1. The zero-order valence-corrected chi connectivity index (χ0v) is 11.3. The van der Waals surface area contributed by atoms with Crippen LogP contribution in [0.5, 0.6) is 0 Å². The number of aryl methyl sites for hydroxylation is 2. The molecule has 0 spiro atoms. The van der Waals surface area contributed by atoms with Crippen LogP contribution in [0.1, 0.15) is 17.2 Å². The topological polar surface area (TPSA) is 77.0 Å². The van der Waals surface area contributed by atoms with E-state index in [-0.39, 0.29) is 0 Å². The molecule has 2 heterocycles. The lowest BCUT2D eigenvalue weighted by Gasteiger charge is -1.97. The molecule has 3 aromatic rings. The van der Waals surface area contributed by atoms with Gasteiger partial charge in [-0.25, -0.2) is 0 Å². The first-order chi connectivity index (χ1) is 9.70. The summed E-state index contributed by atoms with van der Waals surface area (Å²) in [7, 11) is 0. The maximum Gasteiger partial charge on any atom is 0.247 e. The highest BCUT2D eigenvalue weighted by molar-refractivity contribution is 5.52. The summed E-state index contributed by atoms with van der Waals surface area (Å²) in [5, 5.41) is 14.9. The van der Waals surface area contributed by atoms with Crippen molar-refractivity contribution in [1.29, 1.82) is 0 Å². The minimum atomic E-state index is 0.408. The first-order valence-corrected chi connectivity index (χ1v) is 6.27. The van der Waals surface area contributed by atoms with Gasteiger partial charge in [0, 0.05) is 11.6 Å². The van der Waals surface area contributed by atoms with Gasteiger partial charge in [-0.1, -0.05) is 22.9 Å². The average molecular weight is 270 g/mol. The molecule has 1 aromatic carbocycles.